The normalized spacial score (nSPS) is 20.2. The molecule has 6 heteroatoms. The first-order valence-corrected chi connectivity index (χ1v) is 9.67. The summed E-state index contributed by atoms with van der Waals surface area (Å²) in [6.45, 7) is 10.1. The molecule has 1 saturated heterocycles. The van der Waals surface area contributed by atoms with Crippen LogP contribution in [0.3, 0.4) is 0 Å². The van der Waals surface area contributed by atoms with Gasteiger partial charge in [-0.25, -0.2) is 0 Å². The van der Waals surface area contributed by atoms with E-state index in [0.717, 1.165) is 56.1 Å². The van der Waals surface area contributed by atoms with Gasteiger partial charge in [-0.05, 0) is 43.0 Å². The average Bonchev–Trinajstić information content (AvgIpc) is 3.02. The number of aliphatic hydroxyl groups is 1. The second-order valence-corrected chi connectivity index (χ2v) is 7.74. The van der Waals surface area contributed by atoms with Gasteiger partial charge in [0, 0.05) is 38.8 Å². The Morgan fingerprint density at radius 2 is 2.08 bits per heavy atom. The van der Waals surface area contributed by atoms with E-state index in [2.05, 4.69) is 50.6 Å². The van der Waals surface area contributed by atoms with Gasteiger partial charge >= 0.3 is 0 Å². The van der Waals surface area contributed by atoms with Crippen LogP contribution in [-0.4, -0.2) is 62.5 Å². The van der Waals surface area contributed by atoms with Crippen LogP contribution in [-0.2, 0) is 6.54 Å². The third kappa shape index (κ3) is 4.51. The fraction of sp³-hybridized carbons (Fsp3) is 0.667. The largest absolute Gasteiger partial charge is 0.396 e. The van der Waals surface area contributed by atoms with Crippen LogP contribution in [0.1, 0.15) is 32.3 Å². The van der Waals surface area contributed by atoms with Crippen LogP contribution in [0, 0.1) is 5.92 Å². The van der Waals surface area contributed by atoms with Gasteiger partial charge in [-0.1, -0.05) is 19.9 Å². The maximum Gasteiger partial charge on any atom is 0.105 e. The maximum atomic E-state index is 9.43. The summed E-state index contributed by atoms with van der Waals surface area (Å²) in [4.78, 5) is 5.08. The predicted molar refractivity (Wildman–Crippen MR) is 99.2 cm³/mol. The summed E-state index contributed by atoms with van der Waals surface area (Å²) in [5, 5.41) is 9.43. The number of benzene rings is 1. The second kappa shape index (κ2) is 8.34. The summed E-state index contributed by atoms with van der Waals surface area (Å²) in [5.41, 5.74) is 3.29. The molecule has 0 unspecified atom stereocenters. The molecular formula is C18H28N4OS. The standard InChI is InChI=1S/C18H28N4OS/c1-14(2)5-7-22-9-8-21(13-16(22)6-10-23)12-15-3-4-17-18(11-15)20-24-19-17/h3-4,11,14,16,23H,5-10,12-13H2,1-2H3/t16-/m1/s1. The molecular weight excluding hydrogens is 320 g/mol. The topological polar surface area (TPSA) is 52.5 Å². The molecule has 1 aromatic carbocycles. The molecule has 1 atom stereocenters. The molecule has 1 aliphatic heterocycles. The van der Waals surface area contributed by atoms with Gasteiger partial charge in [-0.3, -0.25) is 9.80 Å². The highest BCUT2D eigenvalue weighted by molar-refractivity contribution is 7.00. The van der Waals surface area contributed by atoms with Crippen molar-refractivity contribution < 1.29 is 5.11 Å². The minimum Gasteiger partial charge on any atom is -0.396 e. The number of hydrogen-bond acceptors (Lipinski definition) is 6. The zero-order valence-corrected chi connectivity index (χ0v) is 15.5. The molecule has 0 saturated carbocycles. The molecule has 0 bridgehead atoms. The van der Waals surface area contributed by atoms with E-state index < -0.39 is 0 Å². The molecule has 132 valence electrons. The Morgan fingerprint density at radius 1 is 1.25 bits per heavy atom. The lowest BCUT2D eigenvalue weighted by molar-refractivity contribution is 0.0524. The number of hydrogen-bond donors (Lipinski definition) is 1. The minimum absolute atomic E-state index is 0.271. The van der Waals surface area contributed by atoms with Gasteiger partial charge in [0.2, 0.25) is 0 Å². The molecule has 2 aromatic rings. The molecule has 3 rings (SSSR count). The van der Waals surface area contributed by atoms with Crippen LogP contribution in [0.5, 0.6) is 0 Å². The molecule has 0 amide bonds. The fourth-order valence-corrected chi connectivity index (χ4v) is 3.94. The van der Waals surface area contributed by atoms with Crippen molar-refractivity contribution in [1.82, 2.24) is 18.5 Å². The van der Waals surface area contributed by atoms with Crippen LogP contribution in [0.25, 0.3) is 11.0 Å². The molecule has 0 aliphatic carbocycles. The van der Waals surface area contributed by atoms with Crippen molar-refractivity contribution in [2.24, 2.45) is 5.92 Å². The van der Waals surface area contributed by atoms with Crippen molar-refractivity contribution in [2.45, 2.75) is 39.3 Å². The van der Waals surface area contributed by atoms with Crippen molar-refractivity contribution in [3.05, 3.63) is 23.8 Å². The molecule has 2 heterocycles. The fourth-order valence-electron chi connectivity index (χ4n) is 3.43. The number of rotatable bonds is 7. The Hall–Kier alpha value is -1.08. The van der Waals surface area contributed by atoms with Crippen LogP contribution >= 0.6 is 11.7 Å². The van der Waals surface area contributed by atoms with E-state index in [9.17, 15) is 5.11 Å². The third-order valence-corrected chi connectivity index (χ3v) is 5.43. The van der Waals surface area contributed by atoms with Crippen molar-refractivity contribution in [1.29, 1.82) is 0 Å². The summed E-state index contributed by atoms with van der Waals surface area (Å²) in [7, 11) is 0. The predicted octanol–water partition coefficient (Wildman–Crippen LogP) is 2.61. The molecule has 1 aliphatic rings. The van der Waals surface area contributed by atoms with Crippen LogP contribution in [0.4, 0.5) is 0 Å². The van der Waals surface area contributed by atoms with Gasteiger partial charge in [0.25, 0.3) is 0 Å². The first-order valence-electron chi connectivity index (χ1n) is 8.94. The van der Waals surface area contributed by atoms with E-state index >= 15 is 0 Å². The summed E-state index contributed by atoms with van der Waals surface area (Å²) in [5.74, 6) is 0.733. The maximum absolute atomic E-state index is 9.43. The van der Waals surface area contributed by atoms with Gasteiger partial charge in [-0.15, -0.1) is 0 Å². The minimum atomic E-state index is 0.271. The van der Waals surface area contributed by atoms with Gasteiger partial charge in [0.15, 0.2) is 0 Å². The number of nitrogens with zero attached hydrogens (tertiary/aromatic N) is 4. The number of fused-ring (bicyclic) bond motifs is 1. The quantitative estimate of drug-likeness (QED) is 0.833. The number of aliphatic hydroxyl groups excluding tert-OH is 1. The van der Waals surface area contributed by atoms with E-state index in [1.807, 2.05) is 0 Å². The zero-order chi connectivity index (χ0) is 16.9. The smallest absolute Gasteiger partial charge is 0.105 e. The van der Waals surface area contributed by atoms with E-state index in [1.165, 1.54) is 23.7 Å². The first-order chi connectivity index (χ1) is 11.7. The Morgan fingerprint density at radius 3 is 2.88 bits per heavy atom. The third-order valence-electron chi connectivity index (χ3n) is 4.87. The monoisotopic (exact) mass is 348 g/mol. The van der Waals surface area contributed by atoms with Gasteiger partial charge < -0.3 is 5.11 Å². The highest BCUT2D eigenvalue weighted by atomic mass is 32.1. The van der Waals surface area contributed by atoms with Gasteiger partial charge in [-0.2, -0.15) is 8.75 Å². The molecule has 24 heavy (non-hydrogen) atoms. The highest BCUT2D eigenvalue weighted by Crippen LogP contribution is 2.19. The lowest BCUT2D eigenvalue weighted by Crippen LogP contribution is -2.53. The molecule has 0 spiro atoms. The highest BCUT2D eigenvalue weighted by Gasteiger charge is 2.26. The van der Waals surface area contributed by atoms with Crippen molar-refractivity contribution in [2.75, 3.05) is 32.8 Å². The van der Waals surface area contributed by atoms with E-state index in [-0.39, 0.29) is 6.61 Å². The number of piperazine rings is 1. The molecule has 1 N–H and O–H groups in total. The van der Waals surface area contributed by atoms with E-state index in [0.29, 0.717) is 6.04 Å². The number of aromatic nitrogens is 2. The average molecular weight is 349 g/mol. The van der Waals surface area contributed by atoms with E-state index in [1.54, 1.807) is 0 Å². The lowest BCUT2D eigenvalue weighted by atomic mass is 10.0. The SMILES string of the molecule is CC(C)CCN1CCN(Cc2ccc3nsnc3c2)C[C@H]1CCO. The van der Waals surface area contributed by atoms with E-state index in [4.69, 9.17) is 0 Å². The van der Waals surface area contributed by atoms with Crippen LogP contribution < -0.4 is 0 Å². The molecule has 1 fully saturated rings. The lowest BCUT2D eigenvalue weighted by Gasteiger charge is -2.41. The summed E-state index contributed by atoms with van der Waals surface area (Å²) >= 11 is 1.27. The van der Waals surface area contributed by atoms with Crippen LogP contribution in [0.2, 0.25) is 0 Å². The van der Waals surface area contributed by atoms with Crippen molar-refractivity contribution >= 4 is 22.8 Å². The van der Waals surface area contributed by atoms with Gasteiger partial charge in [0.1, 0.15) is 11.0 Å². The Balaban J connectivity index is 1.60. The molecule has 5 nitrogen and oxygen atoms in total. The Kier molecular flexibility index (Phi) is 6.16. The zero-order valence-electron chi connectivity index (χ0n) is 14.7. The van der Waals surface area contributed by atoms with Gasteiger partial charge in [0.05, 0.1) is 11.7 Å². The van der Waals surface area contributed by atoms with Crippen LogP contribution in [0.15, 0.2) is 18.2 Å². The van der Waals surface area contributed by atoms with Crippen molar-refractivity contribution in [3.63, 3.8) is 0 Å². The molecule has 0 radical (unpaired) electrons. The second-order valence-electron chi connectivity index (χ2n) is 7.21. The Bertz CT molecular complexity index is 645. The summed E-state index contributed by atoms with van der Waals surface area (Å²) in [6, 6.07) is 6.85. The Labute approximate surface area is 148 Å². The summed E-state index contributed by atoms with van der Waals surface area (Å²) in [6.07, 6.45) is 2.10. The first kappa shape index (κ1) is 17.7. The molecule has 1 aromatic heterocycles. The summed E-state index contributed by atoms with van der Waals surface area (Å²) < 4.78 is 8.61. The van der Waals surface area contributed by atoms with Crippen molar-refractivity contribution in [3.8, 4) is 0 Å².